The summed E-state index contributed by atoms with van der Waals surface area (Å²) in [6, 6.07) is 0. The van der Waals surface area contributed by atoms with E-state index in [0.717, 1.165) is 32.4 Å². The lowest BCUT2D eigenvalue weighted by atomic mass is 10.2. The van der Waals surface area contributed by atoms with E-state index in [2.05, 4.69) is 0 Å². The summed E-state index contributed by atoms with van der Waals surface area (Å²) in [5.74, 6) is 0. The van der Waals surface area contributed by atoms with Gasteiger partial charge in [0, 0.05) is 13.1 Å². The standard InChI is InChI=1S/C7H15NO2/c9-6-8-4-1-2-7(10)3-5-8/h7,9-10H,1-6H2. The third-order valence-corrected chi connectivity index (χ3v) is 1.99. The highest BCUT2D eigenvalue weighted by atomic mass is 16.3. The average Bonchev–Trinajstić information content (AvgIpc) is 2.14. The first-order valence-corrected chi connectivity index (χ1v) is 3.84. The molecule has 1 aliphatic heterocycles. The van der Waals surface area contributed by atoms with Gasteiger partial charge in [-0.25, -0.2) is 0 Å². The Morgan fingerprint density at radius 2 is 2.10 bits per heavy atom. The van der Waals surface area contributed by atoms with Crippen LogP contribution in [0.5, 0.6) is 0 Å². The van der Waals surface area contributed by atoms with Gasteiger partial charge in [0.25, 0.3) is 0 Å². The lowest BCUT2D eigenvalue weighted by molar-refractivity contribution is 0.103. The topological polar surface area (TPSA) is 43.7 Å². The first kappa shape index (κ1) is 7.98. The molecule has 0 radical (unpaired) electrons. The molecule has 0 aromatic carbocycles. The molecule has 0 saturated carbocycles. The lowest BCUT2D eigenvalue weighted by Gasteiger charge is -2.15. The predicted octanol–water partition coefficient (Wildman–Crippen LogP) is -0.217. The second-order valence-corrected chi connectivity index (χ2v) is 2.84. The zero-order chi connectivity index (χ0) is 7.40. The summed E-state index contributed by atoms with van der Waals surface area (Å²) in [5.41, 5.74) is 0. The largest absolute Gasteiger partial charge is 0.393 e. The van der Waals surface area contributed by atoms with Crippen molar-refractivity contribution in [1.29, 1.82) is 0 Å². The minimum atomic E-state index is -0.142. The van der Waals surface area contributed by atoms with Crippen molar-refractivity contribution in [3.05, 3.63) is 0 Å². The Kier molecular flexibility index (Phi) is 3.12. The Labute approximate surface area is 61.3 Å². The van der Waals surface area contributed by atoms with Crippen molar-refractivity contribution in [2.75, 3.05) is 19.8 Å². The maximum Gasteiger partial charge on any atom is 0.0956 e. The Morgan fingerprint density at radius 3 is 2.80 bits per heavy atom. The monoisotopic (exact) mass is 145 g/mol. The molecule has 1 rings (SSSR count). The van der Waals surface area contributed by atoms with Crippen molar-refractivity contribution in [1.82, 2.24) is 4.90 Å². The van der Waals surface area contributed by atoms with Crippen LogP contribution in [0.4, 0.5) is 0 Å². The van der Waals surface area contributed by atoms with Crippen LogP contribution >= 0.6 is 0 Å². The summed E-state index contributed by atoms with van der Waals surface area (Å²) in [5, 5.41) is 17.9. The van der Waals surface area contributed by atoms with Gasteiger partial charge in [0.1, 0.15) is 0 Å². The Morgan fingerprint density at radius 1 is 1.30 bits per heavy atom. The van der Waals surface area contributed by atoms with E-state index in [1.54, 1.807) is 0 Å². The van der Waals surface area contributed by atoms with Crippen LogP contribution in [-0.2, 0) is 0 Å². The van der Waals surface area contributed by atoms with E-state index in [1.165, 1.54) is 0 Å². The molecule has 1 heterocycles. The third kappa shape index (κ3) is 2.25. The van der Waals surface area contributed by atoms with E-state index in [4.69, 9.17) is 5.11 Å². The maximum absolute atomic E-state index is 9.19. The second kappa shape index (κ2) is 3.91. The van der Waals surface area contributed by atoms with E-state index < -0.39 is 0 Å². The number of nitrogens with zero attached hydrogens (tertiary/aromatic N) is 1. The third-order valence-electron chi connectivity index (χ3n) is 1.99. The number of aliphatic hydroxyl groups is 2. The van der Waals surface area contributed by atoms with Gasteiger partial charge >= 0.3 is 0 Å². The fraction of sp³-hybridized carbons (Fsp3) is 1.00. The molecule has 0 aromatic heterocycles. The summed E-state index contributed by atoms with van der Waals surface area (Å²) in [7, 11) is 0. The highest BCUT2D eigenvalue weighted by Gasteiger charge is 2.12. The van der Waals surface area contributed by atoms with Crippen LogP contribution < -0.4 is 0 Å². The van der Waals surface area contributed by atoms with Crippen molar-refractivity contribution < 1.29 is 10.2 Å². The van der Waals surface area contributed by atoms with Crippen LogP contribution in [0.2, 0.25) is 0 Å². The van der Waals surface area contributed by atoms with Crippen molar-refractivity contribution in [3.63, 3.8) is 0 Å². The van der Waals surface area contributed by atoms with Gasteiger partial charge in [0.05, 0.1) is 12.8 Å². The number of hydrogen-bond donors (Lipinski definition) is 2. The van der Waals surface area contributed by atoms with Crippen molar-refractivity contribution in [2.45, 2.75) is 25.4 Å². The summed E-state index contributed by atoms with van der Waals surface area (Å²) >= 11 is 0. The van der Waals surface area contributed by atoms with Crippen LogP contribution in [0.3, 0.4) is 0 Å². The molecule has 1 atom stereocenters. The molecule has 10 heavy (non-hydrogen) atoms. The summed E-state index contributed by atoms with van der Waals surface area (Å²) < 4.78 is 0. The van der Waals surface area contributed by atoms with Gasteiger partial charge in [0.2, 0.25) is 0 Å². The number of hydrogen-bond acceptors (Lipinski definition) is 3. The molecule has 1 saturated heterocycles. The molecule has 0 aliphatic carbocycles. The van der Waals surface area contributed by atoms with Crippen LogP contribution in [0.25, 0.3) is 0 Å². The van der Waals surface area contributed by atoms with Crippen molar-refractivity contribution in [3.8, 4) is 0 Å². The molecule has 0 aromatic rings. The van der Waals surface area contributed by atoms with Gasteiger partial charge in [-0.2, -0.15) is 0 Å². The zero-order valence-corrected chi connectivity index (χ0v) is 6.16. The Bertz CT molecular complexity index is 97.6. The summed E-state index contributed by atoms with van der Waals surface area (Å²) in [6.45, 7) is 1.89. The maximum atomic E-state index is 9.19. The normalized spacial score (nSPS) is 30.0. The molecule has 2 N–H and O–H groups in total. The molecular formula is C7H15NO2. The molecule has 3 heteroatoms. The van der Waals surface area contributed by atoms with E-state index in [0.29, 0.717) is 0 Å². The minimum absolute atomic E-state index is 0.132. The van der Waals surface area contributed by atoms with Gasteiger partial charge in [0.15, 0.2) is 0 Å². The number of aliphatic hydroxyl groups excluding tert-OH is 2. The molecule has 1 fully saturated rings. The van der Waals surface area contributed by atoms with Crippen molar-refractivity contribution in [2.24, 2.45) is 0 Å². The van der Waals surface area contributed by atoms with Gasteiger partial charge in [-0.3, -0.25) is 4.90 Å². The molecular weight excluding hydrogens is 130 g/mol. The summed E-state index contributed by atoms with van der Waals surface area (Å²) in [6.07, 6.45) is 2.55. The molecule has 3 nitrogen and oxygen atoms in total. The van der Waals surface area contributed by atoms with Crippen molar-refractivity contribution >= 4 is 0 Å². The minimum Gasteiger partial charge on any atom is -0.393 e. The fourth-order valence-corrected chi connectivity index (χ4v) is 1.28. The van der Waals surface area contributed by atoms with E-state index in [9.17, 15) is 5.11 Å². The molecule has 1 aliphatic rings. The number of likely N-dealkylation sites (tertiary alicyclic amines) is 1. The van der Waals surface area contributed by atoms with E-state index >= 15 is 0 Å². The average molecular weight is 145 g/mol. The zero-order valence-electron chi connectivity index (χ0n) is 6.16. The SMILES string of the molecule is OCN1CCCC(O)CC1. The van der Waals surface area contributed by atoms with Crippen LogP contribution in [0.15, 0.2) is 0 Å². The van der Waals surface area contributed by atoms with Gasteiger partial charge in [-0.05, 0) is 19.3 Å². The Balaban J connectivity index is 2.26. The van der Waals surface area contributed by atoms with Crippen LogP contribution in [-0.4, -0.2) is 41.0 Å². The highest BCUT2D eigenvalue weighted by molar-refractivity contribution is 4.66. The smallest absolute Gasteiger partial charge is 0.0956 e. The molecule has 0 bridgehead atoms. The highest BCUT2D eigenvalue weighted by Crippen LogP contribution is 2.09. The molecule has 60 valence electrons. The first-order chi connectivity index (χ1) is 4.83. The summed E-state index contributed by atoms with van der Waals surface area (Å²) in [4.78, 5) is 1.95. The molecule has 1 unspecified atom stereocenters. The first-order valence-electron chi connectivity index (χ1n) is 3.84. The fourth-order valence-electron chi connectivity index (χ4n) is 1.28. The molecule has 0 spiro atoms. The predicted molar refractivity (Wildman–Crippen MR) is 38.5 cm³/mol. The van der Waals surface area contributed by atoms with Gasteiger partial charge in [-0.15, -0.1) is 0 Å². The quantitative estimate of drug-likeness (QED) is 0.536. The number of rotatable bonds is 1. The molecule has 0 amide bonds. The van der Waals surface area contributed by atoms with E-state index in [1.807, 2.05) is 4.90 Å². The van der Waals surface area contributed by atoms with Gasteiger partial charge in [-0.1, -0.05) is 0 Å². The van der Waals surface area contributed by atoms with Crippen LogP contribution in [0, 0.1) is 0 Å². The van der Waals surface area contributed by atoms with Crippen LogP contribution in [0.1, 0.15) is 19.3 Å². The van der Waals surface area contributed by atoms with E-state index in [-0.39, 0.29) is 12.8 Å². The Hall–Kier alpha value is -0.120. The second-order valence-electron chi connectivity index (χ2n) is 2.84. The lowest BCUT2D eigenvalue weighted by Crippen LogP contribution is -2.25. The van der Waals surface area contributed by atoms with Gasteiger partial charge < -0.3 is 10.2 Å².